The van der Waals surface area contributed by atoms with Crippen LogP contribution in [0.2, 0.25) is 5.02 Å². The van der Waals surface area contributed by atoms with Crippen molar-refractivity contribution in [2.45, 2.75) is 6.42 Å². The van der Waals surface area contributed by atoms with Crippen LogP contribution >= 0.6 is 23.2 Å². The van der Waals surface area contributed by atoms with Crippen molar-refractivity contribution in [3.8, 4) is 5.69 Å². The van der Waals surface area contributed by atoms with Crippen LogP contribution in [-0.4, -0.2) is 25.8 Å². The molecular weight excluding hydrogens is 279 g/mol. The molecule has 2 rings (SSSR count). The van der Waals surface area contributed by atoms with Crippen LogP contribution in [0.3, 0.4) is 0 Å². The Morgan fingerprint density at radius 2 is 2.22 bits per heavy atom. The molecule has 1 aromatic carbocycles. The molecule has 0 atom stereocenters. The van der Waals surface area contributed by atoms with Crippen LogP contribution in [-0.2, 0) is 6.42 Å². The summed E-state index contributed by atoms with van der Waals surface area (Å²) in [6, 6.07) is 4.17. The maximum Gasteiger partial charge on any atom is 0.271 e. The first-order valence-electron chi connectivity index (χ1n) is 5.03. The summed E-state index contributed by atoms with van der Waals surface area (Å²) >= 11 is 11.6. The van der Waals surface area contributed by atoms with Gasteiger partial charge in [-0.05, 0) is 6.07 Å². The third-order valence-corrected chi connectivity index (χ3v) is 2.77. The van der Waals surface area contributed by atoms with E-state index in [2.05, 4.69) is 10.3 Å². The number of nitrogens with zero attached hydrogens (tertiary/aromatic N) is 4. The Morgan fingerprint density at radius 3 is 2.83 bits per heavy atom. The van der Waals surface area contributed by atoms with Crippen LogP contribution in [0.25, 0.3) is 5.69 Å². The SMILES string of the molecule is O=[N+]([O-])c1ccc(-n2cc(CCCl)nn2)c(Cl)c1. The van der Waals surface area contributed by atoms with Gasteiger partial charge in [-0.3, -0.25) is 10.1 Å². The van der Waals surface area contributed by atoms with Gasteiger partial charge in [0, 0.05) is 24.4 Å². The Balaban J connectivity index is 2.35. The van der Waals surface area contributed by atoms with Gasteiger partial charge in [-0.25, -0.2) is 4.68 Å². The van der Waals surface area contributed by atoms with Gasteiger partial charge in [-0.15, -0.1) is 16.7 Å². The van der Waals surface area contributed by atoms with Gasteiger partial charge in [-0.2, -0.15) is 0 Å². The van der Waals surface area contributed by atoms with Gasteiger partial charge >= 0.3 is 0 Å². The lowest BCUT2D eigenvalue weighted by Gasteiger charge is -2.02. The molecule has 0 spiro atoms. The summed E-state index contributed by atoms with van der Waals surface area (Å²) in [7, 11) is 0. The Morgan fingerprint density at radius 1 is 1.44 bits per heavy atom. The number of hydrogen-bond acceptors (Lipinski definition) is 4. The van der Waals surface area contributed by atoms with Crippen molar-refractivity contribution in [2.24, 2.45) is 0 Å². The fourth-order valence-corrected chi connectivity index (χ4v) is 1.88. The van der Waals surface area contributed by atoms with E-state index in [4.69, 9.17) is 23.2 Å². The highest BCUT2D eigenvalue weighted by Gasteiger charge is 2.12. The van der Waals surface area contributed by atoms with Crippen molar-refractivity contribution in [2.75, 3.05) is 5.88 Å². The lowest BCUT2D eigenvalue weighted by Crippen LogP contribution is -1.97. The molecule has 0 aliphatic carbocycles. The quantitative estimate of drug-likeness (QED) is 0.492. The highest BCUT2D eigenvalue weighted by atomic mass is 35.5. The van der Waals surface area contributed by atoms with Crippen molar-refractivity contribution in [3.63, 3.8) is 0 Å². The van der Waals surface area contributed by atoms with E-state index < -0.39 is 4.92 Å². The number of nitro benzene ring substituents is 1. The predicted molar refractivity (Wildman–Crippen MR) is 67.4 cm³/mol. The molecule has 6 nitrogen and oxygen atoms in total. The second-order valence-corrected chi connectivity index (χ2v) is 4.27. The Bertz CT molecular complexity index is 585. The van der Waals surface area contributed by atoms with Gasteiger partial charge in [0.05, 0.1) is 27.5 Å². The number of alkyl halides is 1. The summed E-state index contributed by atoms with van der Waals surface area (Å²) in [5, 5.41) is 18.6. The molecule has 0 fully saturated rings. The van der Waals surface area contributed by atoms with Crippen molar-refractivity contribution in [3.05, 3.63) is 45.2 Å². The zero-order chi connectivity index (χ0) is 13.1. The van der Waals surface area contributed by atoms with E-state index in [1.54, 1.807) is 6.20 Å². The highest BCUT2D eigenvalue weighted by Crippen LogP contribution is 2.25. The molecule has 1 heterocycles. The molecule has 0 amide bonds. The molecule has 94 valence electrons. The minimum absolute atomic E-state index is 0.0650. The fraction of sp³-hybridized carbons (Fsp3) is 0.200. The first-order chi connectivity index (χ1) is 8.61. The summed E-state index contributed by atoms with van der Waals surface area (Å²) < 4.78 is 1.47. The Hall–Kier alpha value is -1.66. The van der Waals surface area contributed by atoms with Crippen LogP contribution < -0.4 is 0 Å². The average molecular weight is 287 g/mol. The van der Waals surface area contributed by atoms with Crippen LogP contribution in [0.15, 0.2) is 24.4 Å². The summed E-state index contributed by atoms with van der Waals surface area (Å²) in [6.07, 6.45) is 2.29. The maximum absolute atomic E-state index is 10.6. The highest BCUT2D eigenvalue weighted by molar-refractivity contribution is 6.32. The van der Waals surface area contributed by atoms with Gasteiger partial charge in [-0.1, -0.05) is 16.8 Å². The van der Waals surface area contributed by atoms with E-state index in [1.165, 1.54) is 22.9 Å². The van der Waals surface area contributed by atoms with Gasteiger partial charge in [0.15, 0.2) is 0 Å². The summed E-state index contributed by atoms with van der Waals surface area (Å²) in [5.74, 6) is 0.451. The van der Waals surface area contributed by atoms with E-state index in [-0.39, 0.29) is 10.7 Å². The standard InChI is InChI=1S/C10H8Cl2N4O2/c11-4-3-7-6-15(14-13-7)10-2-1-8(16(17)18)5-9(10)12/h1-2,5-6H,3-4H2. The molecule has 0 aliphatic heterocycles. The normalized spacial score (nSPS) is 10.6. The van der Waals surface area contributed by atoms with Gasteiger partial charge in [0.1, 0.15) is 0 Å². The molecule has 0 saturated heterocycles. The van der Waals surface area contributed by atoms with Crippen molar-refractivity contribution < 1.29 is 4.92 Å². The molecule has 2 aromatic rings. The number of benzene rings is 1. The van der Waals surface area contributed by atoms with Crippen molar-refractivity contribution >= 4 is 28.9 Å². The largest absolute Gasteiger partial charge is 0.271 e. The number of halogens is 2. The first kappa shape index (κ1) is 12.8. The summed E-state index contributed by atoms with van der Waals surface area (Å²) in [4.78, 5) is 10.1. The molecule has 0 N–H and O–H groups in total. The van der Waals surface area contributed by atoms with E-state index in [1.807, 2.05) is 0 Å². The van der Waals surface area contributed by atoms with Crippen LogP contribution in [0.5, 0.6) is 0 Å². The second kappa shape index (κ2) is 5.32. The predicted octanol–water partition coefficient (Wildman–Crippen LogP) is 2.61. The number of non-ortho nitro benzene ring substituents is 1. The molecule has 8 heteroatoms. The maximum atomic E-state index is 10.6. The second-order valence-electron chi connectivity index (χ2n) is 3.49. The summed E-state index contributed by atoms with van der Waals surface area (Å²) in [5.41, 5.74) is 1.21. The Labute approximate surface area is 112 Å². The number of hydrogen-bond donors (Lipinski definition) is 0. The minimum Gasteiger partial charge on any atom is -0.258 e. The average Bonchev–Trinajstić information content (AvgIpc) is 2.77. The monoisotopic (exact) mass is 286 g/mol. The molecule has 18 heavy (non-hydrogen) atoms. The zero-order valence-corrected chi connectivity index (χ0v) is 10.6. The van der Waals surface area contributed by atoms with Gasteiger partial charge in [0.25, 0.3) is 5.69 Å². The van der Waals surface area contributed by atoms with E-state index in [0.29, 0.717) is 18.0 Å². The third kappa shape index (κ3) is 2.60. The van der Waals surface area contributed by atoms with E-state index in [9.17, 15) is 10.1 Å². The summed E-state index contributed by atoms with van der Waals surface area (Å²) in [6.45, 7) is 0. The smallest absolute Gasteiger partial charge is 0.258 e. The van der Waals surface area contributed by atoms with Crippen LogP contribution in [0.1, 0.15) is 5.69 Å². The first-order valence-corrected chi connectivity index (χ1v) is 5.94. The molecule has 1 aromatic heterocycles. The molecule has 0 bridgehead atoms. The van der Waals surface area contributed by atoms with Crippen molar-refractivity contribution in [1.29, 1.82) is 0 Å². The molecule has 0 radical (unpaired) electrons. The fourth-order valence-electron chi connectivity index (χ4n) is 1.42. The number of aryl methyl sites for hydroxylation is 1. The zero-order valence-electron chi connectivity index (χ0n) is 9.08. The number of aromatic nitrogens is 3. The lowest BCUT2D eigenvalue weighted by atomic mass is 10.3. The minimum atomic E-state index is -0.504. The topological polar surface area (TPSA) is 73.8 Å². The van der Waals surface area contributed by atoms with Crippen LogP contribution in [0.4, 0.5) is 5.69 Å². The van der Waals surface area contributed by atoms with E-state index in [0.717, 1.165) is 5.69 Å². The van der Waals surface area contributed by atoms with Crippen molar-refractivity contribution in [1.82, 2.24) is 15.0 Å². The molecule has 0 saturated carbocycles. The molecular formula is C10H8Cl2N4O2. The number of rotatable bonds is 4. The molecule has 0 unspecified atom stereocenters. The van der Waals surface area contributed by atoms with E-state index >= 15 is 0 Å². The third-order valence-electron chi connectivity index (χ3n) is 2.28. The number of nitro groups is 1. The van der Waals surface area contributed by atoms with Crippen LogP contribution in [0, 0.1) is 10.1 Å². The molecule has 0 aliphatic rings. The lowest BCUT2D eigenvalue weighted by molar-refractivity contribution is -0.384. The van der Waals surface area contributed by atoms with Gasteiger partial charge < -0.3 is 0 Å². The van der Waals surface area contributed by atoms with Gasteiger partial charge in [0.2, 0.25) is 0 Å². The Kier molecular flexibility index (Phi) is 3.78.